The van der Waals surface area contributed by atoms with Gasteiger partial charge in [-0.2, -0.15) is 15.7 Å². The van der Waals surface area contributed by atoms with Crippen molar-refractivity contribution in [1.29, 1.82) is 0 Å². The summed E-state index contributed by atoms with van der Waals surface area (Å²) in [6.45, 7) is 3.57. The van der Waals surface area contributed by atoms with Crippen molar-refractivity contribution in [1.82, 2.24) is 19.5 Å². The highest BCUT2D eigenvalue weighted by molar-refractivity contribution is 8.24. The SMILES string of the molecule is CCc1cccc(N(C(N)=O)c2ccc(-c3cc(CN4CCS(O)(O)CC4)n4ncnc(N)c34)cc2F)c1. The first-order chi connectivity index (χ1) is 18.2. The maximum atomic E-state index is 15.6. The summed E-state index contributed by atoms with van der Waals surface area (Å²) >= 11 is 0. The number of amides is 2. The number of hydrogen-bond donors (Lipinski definition) is 4. The molecule has 1 saturated heterocycles. The van der Waals surface area contributed by atoms with Gasteiger partial charge in [0.1, 0.15) is 17.7 Å². The number of primary amides is 1. The largest absolute Gasteiger partial charge is 0.382 e. The van der Waals surface area contributed by atoms with Crippen molar-refractivity contribution < 1.29 is 18.3 Å². The van der Waals surface area contributed by atoms with E-state index in [0.717, 1.165) is 22.6 Å². The Balaban J connectivity index is 1.52. The Morgan fingerprint density at radius 3 is 2.61 bits per heavy atom. The molecule has 200 valence electrons. The van der Waals surface area contributed by atoms with E-state index < -0.39 is 22.4 Å². The Hall–Kier alpha value is -3.71. The summed E-state index contributed by atoms with van der Waals surface area (Å²) < 4.78 is 37.2. The number of nitrogens with two attached hydrogens (primary N) is 2. The number of nitrogen functional groups attached to an aromatic ring is 1. The van der Waals surface area contributed by atoms with Crippen molar-refractivity contribution in [2.45, 2.75) is 19.9 Å². The van der Waals surface area contributed by atoms with Gasteiger partial charge in [-0.1, -0.05) is 25.1 Å². The Morgan fingerprint density at radius 1 is 1.16 bits per heavy atom. The lowest BCUT2D eigenvalue weighted by atomic mass is 10.0. The minimum Gasteiger partial charge on any atom is -0.382 e. The van der Waals surface area contributed by atoms with Crippen molar-refractivity contribution in [2.24, 2.45) is 5.73 Å². The molecule has 0 unspecified atom stereocenters. The molecule has 3 heterocycles. The lowest BCUT2D eigenvalue weighted by Crippen LogP contribution is -2.38. The molecule has 10 nitrogen and oxygen atoms in total. The monoisotopic (exact) mass is 539 g/mol. The molecule has 12 heteroatoms. The molecule has 2 aromatic heterocycles. The quantitative estimate of drug-likeness (QED) is 0.283. The number of hydrogen-bond acceptors (Lipinski definition) is 7. The summed E-state index contributed by atoms with van der Waals surface area (Å²) in [4.78, 5) is 19.8. The van der Waals surface area contributed by atoms with Crippen LogP contribution in [0, 0.1) is 5.82 Å². The predicted octanol–water partition coefficient (Wildman–Crippen LogP) is 4.46. The number of nitrogens with zero attached hydrogens (tertiary/aromatic N) is 5. The van der Waals surface area contributed by atoms with Gasteiger partial charge in [0, 0.05) is 25.2 Å². The summed E-state index contributed by atoms with van der Waals surface area (Å²) in [6, 6.07) is 12.9. The first-order valence-electron chi connectivity index (χ1n) is 12.2. The Labute approximate surface area is 221 Å². The second-order valence-corrected chi connectivity index (χ2v) is 11.7. The first kappa shape index (κ1) is 25.9. The van der Waals surface area contributed by atoms with E-state index in [2.05, 4.69) is 15.0 Å². The third-order valence-electron chi connectivity index (χ3n) is 6.81. The average Bonchev–Trinajstić information content (AvgIpc) is 3.26. The normalized spacial score (nSPS) is 16.4. The van der Waals surface area contributed by atoms with Crippen LogP contribution in [0.25, 0.3) is 16.6 Å². The number of halogens is 1. The van der Waals surface area contributed by atoms with Gasteiger partial charge < -0.3 is 11.5 Å². The number of carbonyl (C=O) groups is 1. The van der Waals surface area contributed by atoms with Crippen molar-refractivity contribution in [3.05, 3.63) is 71.9 Å². The molecule has 2 amide bonds. The van der Waals surface area contributed by atoms with E-state index in [1.54, 1.807) is 22.7 Å². The van der Waals surface area contributed by atoms with Gasteiger partial charge in [0.05, 0.1) is 28.6 Å². The summed E-state index contributed by atoms with van der Waals surface area (Å²) in [7, 11) is -2.51. The van der Waals surface area contributed by atoms with Gasteiger partial charge in [0.15, 0.2) is 5.82 Å². The third-order valence-corrected chi connectivity index (χ3v) is 8.48. The number of carbonyl (C=O) groups excluding carboxylic acids is 1. The van der Waals surface area contributed by atoms with Crippen molar-refractivity contribution in [3.63, 3.8) is 0 Å². The molecule has 2 aromatic carbocycles. The number of rotatable bonds is 6. The number of benzene rings is 2. The van der Waals surface area contributed by atoms with Crippen LogP contribution in [0.1, 0.15) is 18.2 Å². The molecular weight excluding hydrogens is 509 g/mol. The van der Waals surface area contributed by atoms with Crippen molar-refractivity contribution >= 4 is 39.3 Å². The van der Waals surface area contributed by atoms with Gasteiger partial charge in [-0.3, -0.25) is 18.9 Å². The molecule has 38 heavy (non-hydrogen) atoms. The first-order valence-corrected chi connectivity index (χ1v) is 14.1. The summed E-state index contributed by atoms with van der Waals surface area (Å²) in [5.41, 5.74) is 15.9. The highest BCUT2D eigenvalue weighted by Gasteiger charge is 2.25. The molecule has 0 saturated carbocycles. The average molecular weight is 540 g/mol. The zero-order chi connectivity index (χ0) is 27.0. The highest BCUT2D eigenvalue weighted by Crippen LogP contribution is 2.41. The van der Waals surface area contributed by atoms with Gasteiger partial charge in [-0.05, 0) is 47.9 Å². The Bertz CT molecular complexity index is 1500. The standard InChI is InChI=1S/C26H30FN7O3S/c1-2-17-4-3-5-19(12-17)33(26(29)35)23-7-6-18(13-22(23)27)21-14-20(34-24(21)25(28)30-16-31-34)15-32-8-10-38(36,37)11-9-32/h3-7,12-14,16,36-37H,2,8-11,15H2,1H3,(H2,29,35)(H2,28,30,31). The van der Waals surface area contributed by atoms with Gasteiger partial charge in [-0.25, -0.2) is 18.7 Å². The summed E-state index contributed by atoms with van der Waals surface area (Å²) in [6.07, 6.45) is 2.12. The van der Waals surface area contributed by atoms with E-state index >= 15 is 4.39 Å². The van der Waals surface area contributed by atoms with Crippen LogP contribution in [0.5, 0.6) is 0 Å². The van der Waals surface area contributed by atoms with E-state index in [0.29, 0.717) is 53.5 Å². The molecule has 0 bridgehead atoms. The summed E-state index contributed by atoms with van der Waals surface area (Å²) in [5.74, 6) is 0.268. The fourth-order valence-electron chi connectivity index (χ4n) is 4.77. The molecule has 1 aliphatic rings. The van der Waals surface area contributed by atoms with E-state index in [-0.39, 0.29) is 11.5 Å². The zero-order valence-corrected chi connectivity index (χ0v) is 21.7. The topological polar surface area (TPSA) is 146 Å². The van der Waals surface area contributed by atoms with Crippen LogP contribution in [0.3, 0.4) is 0 Å². The number of fused-ring (bicyclic) bond motifs is 1. The second kappa shape index (κ2) is 10.2. The van der Waals surface area contributed by atoms with Gasteiger partial charge in [0.2, 0.25) is 0 Å². The minimum atomic E-state index is -2.51. The second-order valence-electron chi connectivity index (χ2n) is 9.30. The molecule has 0 radical (unpaired) electrons. The third kappa shape index (κ3) is 5.03. The van der Waals surface area contributed by atoms with E-state index in [1.165, 1.54) is 18.5 Å². The molecule has 6 N–H and O–H groups in total. The van der Waals surface area contributed by atoms with Crippen LogP contribution in [0.4, 0.5) is 26.4 Å². The molecule has 5 rings (SSSR count). The molecule has 0 atom stereocenters. The van der Waals surface area contributed by atoms with Gasteiger partial charge >= 0.3 is 6.03 Å². The lowest BCUT2D eigenvalue weighted by molar-refractivity contribution is 0.256. The lowest BCUT2D eigenvalue weighted by Gasteiger charge is -2.40. The van der Waals surface area contributed by atoms with E-state index in [1.807, 2.05) is 25.1 Å². The fourth-order valence-corrected chi connectivity index (χ4v) is 6.08. The van der Waals surface area contributed by atoms with E-state index in [9.17, 15) is 13.9 Å². The molecule has 1 fully saturated rings. The maximum absolute atomic E-state index is 15.6. The Morgan fingerprint density at radius 2 is 1.92 bits per heavy atom. The number of aromatic nitrogens is 3. The minimum absolute atomic E-state index is 0.0368. The number of aryl methyl sites for hydroxylation is 1. The summed E-state index contributed by atoms with van der Waals surface area (Å²) in [5, 5.41) is 4.37. The highest BCUT2D eigenvalue weighted by atomic mass is 32.3. The number of anilines is 3. The Kier molecular flexibility index (Phi) is 6.97. The van der Waals surface area contributed by atoms with Crippen LogP contribution in [0.15, 0.2) is 54.9 Å². The molecule has 0 aliphatic carbocycles. The van der Waals surface area contributed by atoms with Gasteiger partial charge in [0.25, 0.3) is 0 Å². The number of urea groups is 1. The molecule has 4 aromatic rings. The van der Waals surface area contributed by atoms with Crippen LogP contribution in [-0.4, -0.2) is 59.2 Å². The maximum Gasteiger partial charge on any atom is 0.323 e. The molecule has 1 aliphatic heterocycles. The zero-order valence-electron chi connectivity index (χ0n) is 20.9. The predicted molar refractivity (Wildman–Crippen MR) is 148 cm³/mol. The van der Waals surface area contributed by atoms with Crippen LogP contribution in [0.2, 0.25) is 0 Å². The van der Waals surface area contributed by atoms with Crippen LogP contribution < -0.4 is 16.4 Å². The molecule has 0 spiro atoms. The molecular formula is C26H30FN7O3S. The van der Waals surface area contributed by atoms with Gasteiger partial charge in [-0.15, -0.1) is 0 Å². The van der Waals surface area contributed by atoms with E-state index in [4.69, 9.17) is 11.5 Å². The van der Waals surface area contributed by atoms with Crippen molar-refractivity contribution in [3.8, 4) is 11.1 Å². The van der Waals surface area contributed by atoms with Crippen molar-refractivity contribution in [2.75, 3.05) is 35.2 Å². The smallest absolute Gasteiger partial charge is 0.323 e. The fraction of sp³-hybridized carbons (Fsp3) is 0.269. The van der Waals surface area contributed by atoms with Crippen LogP contribution in [-0.2, 0) is 13.0 Å². The van der Waals surface area contributed by atoms with Crippen LogP contribution >= 0.6 is 10.6 Å².